The maximum atomic E-state index is 3.55. The summed E-state index contributed by atoms with van der Waals surface area (Å²) in [6.07, 6.45) is 6.18. The van der Waals surface area contributed by atoms with Crippen LogP contribution >= 0.6 is 11.8 Å². The Hall–Kier alpha value is -0.470. The Labute approximate surface area is 110 Å². The summed E-state index contributed by atoms with van der Waals surface area (Å²) in [6.45, 7) is 6.55. The van der Waals surface area contributed by atoms with Gasteiger partial charge in [-0.05, 0) is 61.9 Å². The fraction of sp³-hybridized carbons (Fsp3) is 0.600. The molecule has 0 fully saturated rings. The lowest BCUT2D eigenvalue weighted by Crippen LogP contribution is -2.16. The van der Waals surface area contributed by atoms with Gasteiger partial charge < -0.3 is 5.32 Å². The van der Waals surface area contributed by atoms with Crippen molar-refractivity contribution in [3.63, 3.8) is 0 Å². The summed E-state index contributed by atoms with van der Waals surface area (Å²) < 4.78 is 0. The van der Waals surface area contributed by atoms with Crippen LogP contribution in [0.2, 0.25) is 0 Å². The maximum absolute atomic E-state index is 3.55. The number of unbranched alkanes of at least 4 members (excludes halogenated alkanes) is 2. The van der Waals surface area contributed by atoms with E-state index in [-0.39, 0.29) is 0 Å². The largest absolute Gasteiger partial charge is 0.313 e. The number of benzene rings is 1. The molecular formula is C15H25NS. The number of thioether (sulfide) groups is 1. The second kappa shape index (κ2) is 8.60. The highest BCUT2D eigenvalue weighted by atomic mass is 32.2. The van der Waals surface area contributed by atoms with Crippen molar-refractivity contribution in [2.45, 2.75) is 39.7 Å². The molecule has 2 heteroatoms. The van der Waals surface area contributed by atoms with Gasteiger partial charge in [0.05, 0.1) is 0 Å². The van der Waals surface area contributed by atoms with Crippen molar-refractivity contribution < 1.29 is 0 Å². The molecule has 1 aromatic rings. The molecule has 0 aliphatic carbocycles. The number of hydrogen-bond donors (Lipinski definition) is 1. The van der Waals surface area contributed by atoms with Crippen LogP contribution in [0, 0.1) is 13.8 Å². The van der Waals surface area contributed by atoms with Crippen molar-refractivity contribution in [3.05, 3.63) is 34.9 Å². The third-order valence-electron chi connectivity index (χ3n) is 3.15. The molecule has 0 amide bonds. The minimum Gasteiger partial charge on any atom is -0.313 e. The molecule has 0 heterocycles. The van der Waals surface area contributed by atoms with Gasteiger partial charge in [-0.15, -0.1) is 0 Å². The molecule has 1 aromatic carbocycles. The molecule has 0 saturated heterocycles. The SMILES string of the molecule is CSCCCCCNCc1c(C)cccc1C. The van der Waals surface area contributed by atoms with Gasteiger partial charge in [-0.3, -0.25) is 0 Å². The molecular weight excluding hydrogens is 226 g/mol. The Bertz CT molecular complexity index is 302. The van der Waals surface area contributed by atoms with Crippen LogP contribution in [-0.2, 0) is 6.54 Å². The molecule has 96 valence electrons. The minimum atomic E-state index is 1.01. The zero-order valence-corrected chi connectivity index (χ0v) is 12.2. The molecule has 0 radical (unpaired) electrons. The second-order valence-corrected chi connectivity index (χ2v) is 5.59. The van der Waals surface area contributed by atoms with Crippen molar-refractivity contribution >= 4 is 11.8 Å². The summed E-state index contributed by atoms with van der Waals surface area (Å²) >= 11 is 1.95. The van der Waals surface area contributed by atoms with Gasteiger partial charge in [0.15, 0.2) is 0 Å². The number of aryl methyl sites for hydroxylation is 2. The Balaban J connectivity index is 2.18. The van der Waals surface area contributed by atoms with Gasteiger partial charge in [-0.2, -0.15) is 11.8 Å². The Kier molecular flexibility index (Phi) is 7.38. The number of rotatable bonds is 8. The minimum absolute atomic E-state index is 1.01. The van der Waals surface area contributed by atoms with E-state index in [0.717, 1.165) is 13.1 Å². The lowest BCUT2D eigenvalue weighted by Gasteiger charge is -2.10. The highest BCUT2D eigenvalue weighted by Gasteiger charge is 2.00. The predicted octanol–water partition coefficient (Wildman–Crippen LogP) is 3.93. The summed E-state index contributed by atoms with van der Waals surface area (Å²) in [5.74, 6) is 1.30. The first-order valence-electron chi connectivity index (χ1n) is 6.50. The fourth-order valence-electron chi connectivity index (χ4n) is 2.01. The van der Waals surface area contributed by atoms with Crippen LogP contribution in [0.4, 0.5) is 0 Å². The van der Waals surface area contributed by atoms with Gasteiger partial charge in [0.2, 0.25) is 0 Å². The summed E-state index contributed by atoms with van der Waals surface area (Å²) in [5, 5.41) is 3.55. The molecule has 0 unspecified atom stereocenters. The zero-order valence-electron chi connectivity index (χ0n) is 11.4. The molecule has 0 saturated carbocycles. The maximum Gasteiger partial charge on any atom is 0.0210 e. The van der Waals surface area contributed by atoms with E-state index in [4.69, 9.17) is 0 Å². The van der Waals surface area contributed by atoms with Crippen molar-refractivity contribution in [2.75, 3.05) is 18.6 Å². The first-order valence-corrected chi connectivity index (χ1v) is 7.90. The molecule has 0 aliphatic rings. The van der Waals surface area contributed by atoms with Crippen molar-refractivity contribution in [3.8, 4) is 0 Å². The summed E-state index contributed by atoms with van der Waals surface area (Å²) in [6, 6.07) is 6.53. The second-order valence-electron chi connectivity index (χ2n) is 4.60. The van der Waals surface area contributed by atoms with E-state index in [2.05, 4.69) is 43.6 Å². The normalized spacial score (nSPS) is 10.8. The van der Waals surface area contributed by atoms with E-state index in [1.54, 1.807) is 0 Å². The van der Waals surface area contributed by atoms with Crippen LogP contribution in [0.15, 0.2) is 18.2 Å². The summed E-state index contributed by atoms with van der Waals surface area (Å²) in [7, 11) is 0. The lowest BCUT2D eigenvalue weighted by atomic mass is 10.0. The Morgan fingerprint density at radius 3 is 2.41 bits per heavy atom. The van der Waals surface area contributed by atoms with Crippen LogP contribution in [0.3, 0.4) is 0 Å². The van der Waals surface area contributed by atoms with Crippen LogP contribution in [0.5, 0.6) is 0 Å². The smallest absolute Gasteiger partial charge is 0.0210 e. The monoisotopic (exact) mass is 251 g/mol. The molecule has 0 aromatic heterocycles. The molecule has 17 heavy (non-hydrogen) atoms. The summed E-state index contributed by atoms with van der Waals surface area (Å²) in [4.78, 5) is 0. The van der Waals surface area contributed by atoms with Crippen LogP contribution in [0.1, 0.15) is 36.0 Å². The molecule has 1 nitrogen and oxygen atoms in total. The van der Waals surface area contributed by atoms with Crippen LogP contribution < -0.4 is 5.32 Å². The van der Waals surface area contributed by atoms with Crippen LogP contribution in [-0.4, -0.2) is 18.6 Å². The van der Waals surface area contributed by atoms with Gasteiger partial charge in [0.25, 0.3) is 0 Å². The van der Waals surface area contributed by atoms with E-state index in [1.807, 2.05) is 11.8 Å². The molecule has 0 spiro atoms. The molecule has 0 atom stereocenters. The zero-order chi connectivity index (χ0) is 12.5. The van der Waals surface area contributed by atoms with E-state index in [1.165, 1.54) is 41.7 Å². The van der Waals surface area contributed by atoms with Gasteiger partial charge in [0.1, 0.15) is 0 Å². The number of hydrogen-bond acceptors (Lipinski definition) is 2. The molecule has 1 N–H and O–H groups in total. The molecule has 0 bridgehead atoms. The quantitative estimate of drug-likeness (QED) is 0.703. The topological polar surface area (TPSA) is 12.0 Å². The highest BCUT2D eigenvalue weighted by Crippen LogP contribution is 2.12. The highest BCUT2D eigenvalue weighted by molar-refractivity contribution is 7.98. The van der Waals surface area contributed by atoms with Crippen molar-refractivity contribution in [2.24, 2.45) is 0 Å². The molecule has 0 aliphatic heterocycles. The van der Waals surface area contributed by atoms with Crippen LogP contribution in [0.25, 0.3) is 0 Å². The summed E-state index contributed by atoms with van der Waals surface area (Å²) in [5.41, 5.74) is 4.27. The molecule has 1 rings (SSSR count). The van der Waals surface area contributed by atoms with E-state index < -0.39 is 0 Å². The third-order valence-corrected chi connectivity index (χ3v) is 3.85. The Morgan fingerprint density at radius 1 is 1.06 bits per heavy atom. The third kappa shape index (κ3) is 5.60. The standard InChI is InChI=1S/C15H25NS/c1-13-8-7-9-14(2)15(13)12-16-10-5-4-6-11-17-3/h7-9,16H,4-6,10-12H2,1-3H3. The van der Waals surface area contributed by atoms with E-state index >= 15 is 0 Å². The Morgan fingerprint density at radius 2 is 1.76 bits per heavy atom. The number of nitrogens with one attached hydrogen (secondary N) is 1. The van der Waals surface area contributed by atoms with E-state index in [9.17, 15) is 0 Å². The average Bonchev–Trinajstić information content (AvgIpc) is 2.31. The van der Waals surface area contributed by atoms with Gasteiger partial charge in [-0.1, -0.05) is 24.6 Å². The van der Waals surface area contributed by atoms with E-state index in [0.29, 0.717) is 0 Å². The lowest BCUT2D eigenvalue weighted by molar-refractivity contribution is 0.616. The average molecular weight is 251 g/mol. The predicted molar refractivity (Wildman–Crippen MR) is 79.9 cm³/mol. The van der Waals surface area contributed by atoms with Crippen molar-refractivity contribution in [1.29, 1.82) is 0 Å². The fourth-order valence-corrected chi connectivity index (χ4v) is 2.51. The van der Waals surface area contributed by atoms with Gasteiger partial charge >= 0.3 is 0 Å². The van der Waals surface area contributed by atoms with Gasteiger partial charge in [0, 0.05) is 6.54 Å². The van der Waals surface area contributed by atoms with Gasteiger partial charge in [-0.25, -0.2) is 0 Å². The van der Waals surface area contributed by atoms with Crippen molar-refractivity contribution in [1.82, 2.24) is 5.32 Å². The first-order chi connectivity index (χ1) is 8.25. The first kappa shape index (κ1) is 14.6.